The fourth-order valence-corrected chi connectivity index (χ4v) is 5.79. The number of pyridine rings is 1. The molecule has 6 rings (SSSR count). The van der Waals surface area contributed by atoms with Crippen LogP contribution in [0.1, 0.15) is 71.9 Å². The number of fused-ring (bicyclic) bond motifs is 2. The molecule has 0 saturated heterocycles. The highest BCUT2D eigenvalue weighted by Gasteiger charge is 2.29. The topological polar surface area (TPSA) is 81.3 Å². The second kappa shape index (κ2) is 9.86. The van der Waals surface area contributed by atoms with Crippen LogP contribution in [-0.4, -0.2) is 22.3 Å². The lowest BCUT2D eigenvalue weighted by Gasteiger charge is -2.28. The molecule has 0 bridgehead atoms. The monoisotopic (exact) mass is 554 g/mol. The van der Waals surface area contributed by atoms with E-state index in [0.29, 0.717) is 41.1 Å². The number of hydrogen-bond acceptors (Lipinski definition) is 4. The van der Waals surface area contributed by atoms with Crippen molar-refractivity contribution in [3.05, 3.63) is 80.0 Å². The highest BCUT2D eigenvalue weighted by molar-refractivity contribution is 6.31. The summed E-state index contributed by atoms with van der Waals surface area (Å²) in [4.78, 5) is 39.1. The van der Waals surface area contributed by atoms with Crippen molar-refractivity contribution in [3.8, 4) is 0 Å². The molecule has 2 aromatic heterocycles. The fourth-order valence-electron chi connectivity index (χ4n) is 5.45. The molecule has 4 aromatic rings. The number of hydrogen-bond donors (Lipinski definition) is 1. The highest BCUT2D eigenvalue weighted by Crippen LogP contribution is 2.38. The number of carbonyl (C=O) groups excluding carboxylic acids is 2. The quantitative estimate of drug-likeness (QED) is 0.258. The average Bonchev–Trinajstić information content (AvgIpc) is 3.64. The molecule has 9 heteroatoms. The van der Waals surface area contributed by atoms with Crippen molar-refractivity contribution >= 4 is 56.8 Å². The molecule has 0 aliphatic heterocycles. The standard InChI is InChI=1S/C29H25Cl2FN2O4/c30-17-3-8-26-16(10-17)11-27(38-26)25(35)9-15-1-4-18(5-2-15)33-29(37)21-14-34(19-6-7-19)24-13-22(31)23(32)12-20(24)28(21)36/h3,8,10-15,18-19H,1-2,4-7,9H2,(H,33,37). The number of furan rings is 1. The lowest BCUT2D eigenvalue weighted by molar-refractivity contribution is 0.0886. The van der Waals surface area contributed by atoms with Gasteiger partial charge in [0.25, 0.3) is 5.91 Å². The Labute approximate surface area is 227 Å². The maximum Gasteiger partial charge on any atom is 0.256 e. The summed E-state index contributed by atoms with van der Waals surface area (Å²) in [6.45, 7) is 0. The zero-order chi connectivity index (χ0) is 26.6. The lowest BCUT2D eigenvalue weighted by Crippen LogP contribution is -2.40. The maximum atomic E-state index is 14.2. The molecule has 2 aliphatic rings. The summed E-state index contributed by atoms with van der Waals surface area (Å²) in [7, 11) is 0. The van der Waals surface area contributed by atoms with E-state index in [4.69, 9.17) is 27.6 Å². The van der Waals surface area contributed by atoms with Crippen LogP contribution in [0, 0.1) is 11.7 Å². The van der Waals surface area contributed by atoms with Crippen LogP contribution in [0.3, 0.4) is 0 Å². The van der Waals surface area contributed by atoms with E-state index in [1.165, 1.54) is 6.07 Å². The van der Waals surface area contributed by atoms with Gasteiger partial charge >= 0.3 is 0 Å². The third-order valence-corrected chi connectivity index (χ3v) is 8.19. The average molecular weight is 555 g/mol. The Morgan fingerprint density at radius 2 is 1.79 bits per heavy atom. The molecule has 2 saturated carbocycles. The maximum absolute atomic E-state index is 14.2. The number of aromatic nitrogens is 1. The van der Waals surface area contributed by atoms with E-state index in [1.54, 1.807) is 30.5 Å². The Morgan fingerprint density at radius 3 is 2.53 bits per heavy atom. The molecule has 0 atom stereocenters. The number of benzene rings is 2. The van der Waals surface area contributed by atoms with Crippen molar-refractivity contribution in [2.45, 2.75) is 57.0 Å². The van der Waals surface area contributed by atoms with Crippen LogP contribution in [0.15, 0.2) is 51.8 Å². The first kappa shape index (κ1) is 25.1. The number of halogens is 3. The van der Waals surface area contributed by atoms with Crippen molar-refractivity contribution in [2.24, 2.45) is 5.92 Å². The lowest BCUT2D eigenvalue weighted by atomic mass is 9.83. The number of nitrogens with zero attached hydrogens (tertiary/aromatic N) is 1. The van der Waals surface area contributed by atoms with Gasteiger partial charge in [-0.25, -0.2) is 4.39 Å². The molecule has 38 heavy (non-hydrogen) atoms. The second-order valence-electron chi connectivity index (χ2n) is 10.4. The molecular formula is C29H25Cl2FN2O4. The first-order valence-electron chi connectivity index (χ1n) is 12.8. The van der Waals surface area contributed by atoms with E-state index in [2.05, 4.69) is 5.32 Å². The van der Waals surface area contributed by atoms with Gasteiger partial charge < -0.3 is 14.3 Å². The first-order chi connectivity index (χ1) is 18.3. The van der Waals surface area contributed by atoms with Gasteiger partial charge in [-0.1, -0.05) is 23.2 Å². The van der Waals surface area contributed by atoms with Crippen LogP contribution in [0.4, 0.5) is 4.39 Å². The Bertz CT molecular complexity index is 1650. The van der Waals surface area contributed by atoms with E-state index in [-0.39, 0.29) is 39.8 Å². The van der Waals surface area contributed by atoms with Crippen LogP contribution < -0.4 is 10.7 Å². The number of Topliss-reactive ketones (excluding diaryl/α,β-unsaturated/α-hetero) is 1. The largest absolute Gasteiger partial charge is 0.453 e. The van der Waals surface area contributed by atoms with Crippen LogP contribution in [0.5, 0.6) is 0 Å². The summed E-state index contributed by atoms with van der Waals surface area (Å²) in [5.41, 5.74) is 0.674. The molecule has 196 valence electrons. The van der Waals surface area contributed by atoms with Gasteiger partial charge in [0.1, 0.15) is 17.0 Å². The third-order valence-electron chi connectivity index (χ3n) is 7.67. The van der Waals surface area contributed by atoms with Crippen LogP contribution in [-0.2, 0) is 0 Å². The van der Waals surface area contributed by atoms with Gasteiger partial charge in [-0.15, -0.1) is 0 Å². The van der Waals surface area contributed by atoms with Gasteiger partial charge in [0, 0.05) is 40.5 Å². The number of nitrogens with one attached hydrogen (secondary N) is 1. The zero-order valence-electron chi connectivity index (χ0n) is 20.4. The molecule has 1 amide bonds. The van der Waals surface area contributed by atoms with E-state index in [1.807, 2.05) is 4.57 Å². The smallest absolute Gasteiger partial charge is 0.256 e. The van der Waals surface area contributed by atoms with Crippen molar-refractivity contribution < 1.29 is 18.4 Å². The van der Waals surface area contributed by atoms with E-state index >= 15 is 0 Å². The normalized spacial score (nSPS) is 19.7. The van der Waals surface area contributed by atoms with E-state index in [0.717, 1.165) is 37.1 Å². The fraction of sp³-hybridized carbons (Fsp3) is 0.345. The van der Waals surface area contributed by atoms with Crippen molar-refractivity contribution in [3.63, 3.8) is 0 Å². The molecule has 2 aromatic carbocycles. The molecule has 0 radical (unpaired) electrons. The Hall–Kier alpha value is -3.16. The summed E-state index contributed by atoms with van der Waals surface area (Å²) in [5.74, 6) is -0.668. The summed E-state index contributed by atoms with van der Waals surface area (Å²) in [6, 6.07) is 9.62. The summed E-state index contributed by atoms with van der Waals surface area (Å²) in [5, 5.41) is 4.48. The molecular weight excluding hydrogens is 530 g/mol. The van der Waals surface area contributed by atoms with Crippen molar-refractivity contribution in [2.75, 3.05) is 0 Å². The first-order valence-corrected chi connectivity index (χ1v) is 13.6. The Balaban J connectivity index is 1.12. The summed E-state index contributed by atoms with van der Waals surface area (Å²) < 4.78 is 21.7. The molecule has 0 spiro atoms. The Morgan fingerprint density at radius 1 is 1.03 bits per heavy atom. The molecule has 6 nitrogen and oxygen atoms in total. The number of carbonyl (C=O) groups is 2. The van der Waals surface area contributed by atoms with Gasteiger partial charge in [0.2, 0.25) is 5.43 Å². The SMILES string of the molecule is O=C(CC1CCC(NC(=O)c2cn(C3CC3)c3cc(Cl)c(F)cc3c2=O)CC1)c1cc2cc(Cl)ccc2o1. The predicted octanol–water partition coefficient (Wildman–Crippen LogP) is 7.09. The molecule has 2 fully saturated rings. The molecule has 0 unspecified atom stereocenters. The predicted molar refractivity (Wildman–Crippen MR) is 145 cm³/mol. The van der Waals surface area contributed by atoms with Crippen LogP contribution in [0.25, 0.3) is 21.9 Å². The van der Waals surface area contributed by atoms with Gasteiger partial charge in [0.05, 0.1) is 10.5 Å². The summed E-state index contributed by atoms with van der Waals surface area (Å²) in [6.07, 6.45) is 6.77. The van der Waals surface area contributed by atoms with Crippen LogP contribution >= 0.6 is 23.2 Å². The highest BCUT2D eigenvalue weighted by atomic mass is 35.5. The minimum Gasteiger partial charge on any atom is -0.453 e. The minimum absolute atomic E-state index is 0.00779. The van der Waals surface area contributed by atoms with Gasteiger partial charge in [-0.2, -0.15) is 0 Å². The molecule has 1 N–H and O–H groups in total. The zero-order valence-corrected chi connectivity index (χ0v) is 21.9. The van der Waals surface area contributed by atoms with Gasteiger partial charge in [-0.05, 0) is 80.8 Å². The van der Waals surface area contributed by atoms with E-state index < -0.39 is 17.2 Å². The number of ketones is 1. The van der Waals surface area contributed by atoms with Crippen LogP contribution in [0.2, 0.25) is 10.0 Å². The minimum atomic E-state index is -0.685. The molecule has 2 heterocycles. The van der Waals surface area contributed by atoms with Crippen molar-refractivity contribution in [1.29, 1.82) is 0 Å². The van der Waals surface area contributed by atoms with Crippen molar-refractivity contribution in [1.82, 2.24) is 9.88 Å². The third kappa shape index (κ3) is 4.85. The number of rotatable bonds is 6. The second-order valence-corrected chi connectivity index (χ2v) is 11.2. The Kier molecular flexibility index (Phi) is 6.52. The van der Waals surface area contributed by atoms with Gasteiger partial charge in [-0.3, -0.25) is 14.4 Å². The van der Waals surface area contributed by atoms with E-state index in [9.17, 15) is 18.8 Å². The number of amides is 1. The van der Waals surface area contributed by atoms with Gasteiger partial charge in [0.15, 0.2) is 11.5 Å². The molecule has 2 aliphatic carbocycles. The summed E-state index contributed by atoms with van der Waals surface area (Å²) >= 11 is 12.0.